The van der Waals surface area contributed by atoms with Gasteiger partial charge in [-0.25, -0.2) is 0 Å². The number of alkyl halides is 1. The predicted molar refractivity (Wildman–Crippen MR) is 92.5 cm³/mol. The van der Waals surface area contributed by atoms with E-state index in [9.17, 15) is 0 Å². The van der Waals surface area contributed by atoms with Crippen molar-refractivity contribution in [2.24, 2.45) is 0 Å². The molecule has 1 atom stereocenters. The fraction of sp³-hybridized carbons (Fsp3) is 0.200. The SMILES string of the molecule is CCOc1ccc(C(Br)c2ccc(Cl)cc2Cl)cc1Br. The van der Waals surface area contributed by atoms with Crippen molar-refractivity contribution >= 4 is 55.1 Å². The van der Waals surface area contributed by atoms with Gasteiger partial charge in [0.25, 0.3) is 0 Å². The number of benzene rings is 2. The van der Waals surface area contributed by atoms with Gasteiger partial charge in [0, 0.05) is 10.0 Å². The highest BCUT2D eigenvalue weighted by Crippen LogP contribution is 2.38. The van der Waals surface area contributed by atoms with Gasteiger partial charge in [0.1, 0.15) is 5.75 Å². The van der Waals surface area contributed by atoms with Crippen molar-refractivity contribution < 1.29 is 4.74 Å². The molecule has 0 aromatic heterocycles. The zero-order valence-corrected chi connectivity index (χ0v) is 15.4. The van der Waals surface area contributed by atoms with E-state index in [-0.39, 0.29) is 4.83 Å². The van der Waals surface area contributed by atoms with E-state index in [0.29, 0.717) is 16.7 Å². The molecule has 0 fully saturated rings. The third-order valence-corrected chi connectivity index (χ3v) is 4.99. The first-order valence-corrected chi connectivity index (χ1v) is 8.50. The smallest absolute Gasteiger partial charge is 0.133 e. The Morgan fingerprint density at radius 3 is 2.50 bits per heavy atom. The van der Waals surface area contributed by atoms with Crippen LogP contribution in [-0.4, -0.2) is 6.61 Å². The summed E-state index contributed by atoms with van der Waals surface area (Å²) in [4.78, 5) is -0.000701. The van der Waals surface area contributed by atoms with Gasteiger partial charge in [0.2, 0.25) is 0 Å². The first-order valence-electron chi connectivity index (χ1n) is 6.04. The van der Waals surface area contributed by atoms with E-state index >= 15 is 0 Å². The maximum absolute atomic E-state index is 6.24. The van der Waals surface area contributed by atoms with Crippen molar-refractivity contribution in [3.05, 3.63) is 62.0 Å². The summed E-state index contributed by atoms with van der Waals surface area (Å²) in [6, 6.07) is 11.5. The van der Waals surface area contributed by atoms with Gasteiger partial charge in [-0.3, -0.25) is 0 Å². The zero-order chi connectivity index (χ0) is 14.7. The minimum Gasteiger partial charge on any atom is -0.493 e. The molecule has 2 aromatic carbocycles. The molecule has 0 spiro atoms. The Balaban J connectivity index is 2.33. The van der Waals surface area contributed by atoms with Crippen molar-refractivity contribution in [3.8, 4) is 5.75 Å². The molecule has 1 nitrogen and oxygen atoms in total. The average Bonchev–Trinajstić information content (AvgIpc) is 2.40. The molecule has 0 saturated heterocycles. The van der Waals surface area contributed by atoms with Crippen LogP contribution in [0.1, 0.15) is 22.9 Å². The summed E-state index contributed by atoms with van der Waals surface area (Å²) in [6.07, 6.45) is 0. The highest BCUT2D eigenvalue weighted by atomic mass is 79.9. The molecule has 0 aliphatic carbocycles. The van der Waals surface area contributed by atoms with Crippen LogP contribution in [0.2, 0.25) is 10.0 Å². The molecule has 1 unspecified atom stereocenters. The second kappa shape index (κ2) is 7.17. The van der Waals surface area contributed by atoms with Crippen LogP contribution in [0.5, 0.6) is 5.75 Å². The first kappa shape index (κ1) is 16.2. The summed E-state index contributed by atoms with van der Waals surface area (Å²) in [7, 11) is 0. The molecule has 0 bridgehead atoms. The average molecular weight is 439 g/mol. The third-order valence-electron chi connectivity index (χ3n) is 2.78. The molecule has 0 aliphatic heterocycles. The Labute approximate surface area is 145 Å². The van der Waals surface area contributed by atoms with Gasteiger partial charge in [-0.1, -0.05) is 51.3 Å². The summed E-state index contributed by atoms with van der Waals surface area (Å²) in [5, 5.41) is 1.27. The molecule has 0 saturated carbocycles. The molecule has 20 heavy (non-hydrogen) atoms. The Hall–Kier alpha value is -0.220. The van der Waals surface area contributed by atoms with Crippen molar-refractivity contribution in [1.29, 1.82) is 0 Å². The van der Waals surface area contributed by atoms with Gasteiger partial charge < -0.3 is 4.74 Å². The van der Waals surface area contributed by atoms with E-state index in [1.807, 2.05) is 37.3 Å². The monoisotopic (exact) mass is 436 g/mol. The minimum absolute atomic E-state index is 0.000701. The van der Waals surface area contributed by atoms with Crippen LogP contribution in [0.15, 0.2) is 40.9 Å². The predicted octanol–water partition coefficient (Wildman–Crippen LogP) is 6.64. The molecular weight excluding hydrogens is 427 g/mol. The lowest BCUT2D eigenvalue weighted by Crippen LogP contribution is -1.97. The van der Waals surface area contributed by atoms with Crippen LogP contribution in [0, 0.1) is 0 Å². The Morgan fingerprint density at radius 2 is 1.90 bits per heavy atom. The third kappa shape index (κ3) is 3.70. The highest BCUT2D eigenvalue weighted by molar-refractivity contribution is 9.10. The van der Waals surface area contributed by atoms with Crippen molar-refractivity contribution in [1.82, 2.24) is 0 Å². The fourth-order valence-corrected chi connectivity index (χ4v) is 3.68. The van der Waals surface area contributed by atoms with Crippen LogP contribution in [0.25, 0.3) is 0 Å². The lowest BCUT2D eigenvalue weighted by atomic mass is 10.0. The zero-order valence-electron chi connectivity index (χ0n) is 10.7. The number of hydrogen-bond donors (Lipinski definition) is 0. The van der Waals surface area contributed by atoms with Gasteiger partial charge in [-0.2, -0.15) is 0 Å². The van der Waals surface area contributed by atoms with E-state index < -0.39 is 0 Å². The standard InChI is InChI=1S/C15H12Br2Cl2O/c1-2-20-14-6-3-9(7-12(14)16)15(17)11-5-4-10(18)8-13(11)19/h3-8,15H,2H2,1H3. The maximum Gasteiger partial charge on any atom is 0.133 e. The van der Waals surface area contributed by atoms with Gasteiger partial charge in [0.15, 0.2) is 0 Å². The van der Waals surface area contributed by atoms with Crippen molar-refractivity contribution in [2.45, 2.75) is 11.8 Å². The van der Waals surface area contributed by atoms with Gasteiger partial charge >= 0.3 is 0 Å². The molecule has 106 valence electrons. The second-order valence-corrected chi connectivity index (χ2v) is 6.76. The summed E-state index contributed by atoms with van der Waals surface area (Å²) in [6.45, 7) is 2.60. The van der Waals surface area contributed by atoms with Crippen molar-refractivity contribution in [3.63, 3.8) is 0 Å². The second-order valence-electron chi connectivity index (χ2n) is 4.15. The van der Waals surface area contributed by atoms with Crippen LogP contribution in [-0.2, 0) is 0 Å². The first-order chi connectivity index (χ1) is 9.52. The quantitative estimate of drug-likeness (QED) is 0.486. The Bertz CT molecular complexity index is 617. The van der Waals surface area contributed by atoms with Crippen LogP contribution < -0.4 is 4.74 Å². The van der Waals surface area contributed by atoms with E-state index in [2.05, 4.69) is 31.9 Å². The van der Waals surface area contributed by atoms with E-state index in [1.165, 1.54) is 0 Å². The molecular formula is C15H12Br2Cl2O. The number of rotatable bonds is 4. The molecule has 0 amide bonds. The summed E-state index contributed by atoms with van der Waals surface area (Å²) in [5.74, 6) is 0.832. The van der Waals surface area contributed by atoms with Crippen LogP contribution in [0.4, 0.5) is 0 Å². The van der Waals surface area contributed by atoms with E-state index in [1.54, 1.807) is 6.07 Å². The van der Waals surface area contributed by atoms with E-state index in [4.69, 9.17) is 27.9 Å². The lowest BCUT2D eigenvalue weighted by molar-refractivity contribution is 0.338. The topological polar surface area (TPSA) is 9.23 Å². The molecule has 0 radical (unpaired) electrons. The van der Waals surface area contributed by atoms with Gasteiger partial charge in [-0.05, 0) is 58.2 Å². The summed E-state index contributed by atoms with van der Waals surface area (Å²) < 4.78 is 6.43. The van der Waals surface area contributed by atoms with Crippen molar-refractivity contribution in [2.75, 3.05) is 6.61 Å². The lowest BCUT2D eigenvalue weighted by Gasteiger charge is -2.14. The van der Waals surface area contributed by atoms with Gasteiger partial charge in [-0.15, -0.1) is 0 Å². The molecule has 5 heteroatoms. The molecule has 0 aliphatic rings. The maximum atomic E-state index is 6.24. The van der Waals surface area contributed by atoms with Crippen LogP contribution >= 0.6 is 55.1 Å². The molecule has 2 aromatic rings. The number of halogens is 4. The van der Waals surface area contributed by atoms with E-state index in [0.717, 1.165) is 21.3 Å². The Kier molecular flexibility index (Phi) is 5.79. The fourth-order valence-electron chi connectivity index (χ4n) is 1.83. The largest absolute Gasteiger partial charge is 0.493 e. The molecule has 0 heterocycles. The summed E-state index contributed by atoms with van der Waals surface area (Å²) in [5.41, 5.74) is 2.07. The normalized spacial score (nSPS) is 12.2. The number of hydrogen-bond acceptors (Lipinski definition) is 1. The Morgan fingerprint density at radius 1 is 1.15 bits per heavy atom. The minimum atomic E-state index is -0.000701. The van der Waals surface area contributed by atoms with Gasteiger partial charge in [0.05, 0.1) is 15.9 Å². The highest BCUT2D eigenvalue weighted by Gasteiger charge is 2.15. The van der Waals surface area contributed by atoms with Crippen LogP contribution in [0.3, 0.4) is 0 Å². The molecule has 2 rings (SSSR count). The summed E-state index contributed by atoms with van der Waals surface area (Å²) >= 11 is 19.4. The molecule has 0 N–H and O–H groups in total. The number of ether oxygens (including phenoxy) is 1.